The van der Waals surface area contributed by atoms with Crippen molar-refractivity contribution in [2.24, 2.45) is 28.3 Å². The fourth-order valence-corrected chi connectivity index (χ4v) is 5.98. The number of nitro groups is 1. The third-order valence-electron chi connectivity index (χ3n) is 6.60. The van der Waals surface area contributed by atoms with Crippen LogP contribution in [0.4, 0.5) is 5.69 Å². The maximum Gasteiger partial charge on any atom is 0.271 e. The second-order valence-electron chi connectivity index (χ2n) is 8.36. The van der Waals surface area contributed by atoms with Crippen LogP contribution in [0.15, 0.2) is 29.4 Å². The Kier molecular flexibility index (Phi) is 4.29. The van der Waals surface area contributed by atoms with Crippen molar-refractivity contribution >= 4 is 17.3 Å². The number of hydrazone groups is 1. The summed E-state index contributed by atoms with van der Waals surface area (Å²) in [4.78, 5) is 22.8. The molecule has 0 spiro atoms. The fraction of sp³-hybridized carbons (Fsp3) is 0.600. The first kappa shape index (κ1) is 17.2. The van der Waals surface area contributed by atoms with Gasteiger partial charge in [-0.15, -0.1) is 0 Å². The van der Waals surface area contributed by atoms with E-state index in [1.807, 2.05) is 0 Å². The van der Waals surface area contributed by atoms with E-state index in [4.69, 9.17) is 0 Å². The highest BCUT2D eigenvalue weighted by molar-refractivity contribution is 5.97. The van der Waals surface area contributed by atoms with Crippen molar-refractivity contribution in [1.82, 2.24) is 5.43 Å². The van der Waals surface area contributed by atoms with Crippen molar-refractivity contribution in [3.05, 3.63) is 39.9 Å². The first-order valence-electron chi connectivity index (χ1n) is 9.61. The molecule has 5 rings (SSSR count). The molecule has 1 aromatic carbocycles. The van der Waals surface area contributed by atoms with Crippen LogP contribution in [-0.2, 0) is 0 Å². The highest BCUT2D eigenvalue weighted by atomic mass is 16.6. The van der Waals surface area contributed by atoms with Gasteiger partial charge in [0.1, 0.15) is 0 Å². The molecule has 1 N–H and O–H groups in total. The number of nitro benzene ring substituents is 1. The second-order valence-corrected chi connectivity index (χ2v) is 8.36. The molecule has 1 amide bonds. The predicted molar refractivity (Wildman–Crippen MR) is 98.9 cm³/mol. The van der Waals surface area contributed by atoms with Gasteiger partial charge in [0, 0.05) is 28.8 Å². The third-order valence-corrected chi connectivity index (χ3v) is 6.60. The van der Waals surface area contributed by atoms with Gasteiger partial charge in [-0.05, 0) is 68.8 Å². The molecule has 0 heterocycles. The van der Waals surface area contributed by atoms with Crippen molar-refractivity contribution in [1.29, 1.82) is 0 Å². The molecule has 0 radical (unpaired) electrons. The monoisotopic (exact) mass is 355 g/mol. The zero-order valence-corrected chi connectivity index (χ0v) is 15.1. The summed E-state index contributed by atoms with van der Waals surface area (Å²) in [5.74, 6) is 2.09. The van der Waals surface area contributed by atoms with Gasteiger partial charge < -0.3 is 0 Å². The van der Waals surface area contributed by atoms with E-state index in [-0.39, 0.29) is 22.6 Å². The Bertz CT molecular complexity index is 736. The second kappa shape index (κ2) is 6.49. The minimum absolute atomic E-state index is 0.0848. The number of hydrogen-bond acceptors (Lipinski definition) is 4. The van der Waals surface area contributed by atoms with Gasteiger partial charge in [-0.2, -0.15) is 5.10 Å². The Labute approximate surface area is 153 Å². The summed E-state index contributed by atoms with van der Waals surface area (Å²) in [5.41, 5.74) is 4.12. The number of carbonyl (C=O) groups excluding carboxylic acids is 1. The van der Waals surface area contributed by atoms with E-state index in [9.17, 15) is 14.9 Å². The summed E-state index contributed by atoms with van der Waals surface area (Å²) in [6.07, 6.45) is 8.57. The number of carbonyl (C=O) groups is 1. The van der Waals surface area contributed by atoms with Crippen LogP contribution in [-0.4, -0.2) is 16.5 Å². The van der Waals surface area contributed by atoms with E-state index in [0.717, 1.165) is 29.9 Å². The van der Waals surface area contributed by atoms with Crippen LogP contribution in [0, 0.1) is 33.3 Å². The average Bonchev–Trinajstić information content (AvgIpc) is 2.60. The van der Waals surface area contributed by atoms with Crippen molar-refractivity contribution in [3.8, 4) is 0 Å². The number of hydrogen-bond donors (Lipinski definition) is 1. The highest BCUT2D eigenvalue weighted by Gasteiger charge is 2.52. The molecule has 6 nitrogen and oxygen atoms in total. The molecule has 4 fully saturated rings. The van der Waals surface area contributed by atoms with Crippen molar-refractivity contribution in [3.63, 3.8) is 0 Å². The SMILES string of the molecule is CC/C(=N\NC(=O)c1cccc([N+](=O)[O-])c1)C12CC3CC(CC(C3)C1)C2. The number of nitrogens with zero attached hydrogens (tertiary/aromatic N) is 2. The minimum Gasteiger partial charge on any atom is -0.267 e. The molecule has 138 valence electrons. The average molecular weight is 355 g/mol. The van der Waals surface area contributed by atoms with Crippen LogP contribution in [0.5, 0.6) is 0 Å². The molecule has 6 heteroatoms. The maximum atomic E-state index is 12.4. The Morgan fingerprint density at radius 1 is 1.23 bits per heavy atom. The zero-order chi connectivity index (χ0) is 18.3. The van der Waals surface area contributed by atoms with Gasteiger partial charge in [-0.1, -0.05) is 13.0 Å². The summed E-state index contributed by atoms with van der Waals surface area (Å²) in [7, 11) is 0. The van der Waals surface area contributed by atoms with E-state index in [2.05, 4.69) is 17.5 Å². The zero-order valence-electron chi connectivity index (χ0n) is 15.1. The Morgan fingerprint density at radius 3 is 2.38 bits per heavy atom. The molecule has 0 saturated heterocycles. The summed E-state index contributed by atoms with van der Waals surface area (Å²) in [6, 6.07) is 5.78. The van der Waals surface area contributed by atoms with Gasteiger partial charge in [0.05, 0.1) is 4.92 Å². The summed E-state index contributed by atoms with van der Waals surface area (Å²) >= 11 is 0. The molecule has 4 bridgehead atoms. The Hall–Kier alpha value is -2.24. The topological polar surface area (TPSA) is 84.6 Å². The molecule has 4 aliphatic carbocycles. The number of benzene rings is 1. The number of non-ortho nitro benzene ring substituents is 1. The van der Waals surface area contributed by atoms with Gasteiger partial charge in [-0.25, -0.2) is 5.43 Å². The van der Waals surface area contributed by atoms with Crippen LogP contribution in [0.1, 0.15) is 62.2 Å². The first-order chi connectivity index (χ1) is 12.5. The summed E-state index contributed by atoms with van der Waals surface area (Å²) in [6.45, 7) is 2.11. The summed E-state index contributed by atoms with van der Waals surface area (Å²) in [5, 5.41) is 15.4. The number of nitrogens with one attached hydrogen (secondary N) is 1. The lowest BCUT2D eigenvalue weighted by Crippen LogP contribution is -2.50. The molecular formula is C20H25N3O3. The van der Waals surface area contributed by atoms with Crippen LogP contribution in [0.2, 0.25) is 0 Å². The van der Waals surface area contributed by atoms with Gasteiger partial charge in [0.25, 0.3) is 11.6 Å². The van der Waals surface area contributed by atoms with Gasteiger partial charge >= 0.3 is 0 Å². The van der Waals surface area contributed by atoms with E-state index in [1.54, 1.807) is 6.07 Å². The van der Waals surface area contributed by atoms with Crippen molar-refractivity contribution < 1.29 is 9.72 Å². The van der Waals surface area contributed by atoms with E-state index in [1.165, 1.54) is 56.7 Å². The lowest BCUT2D eigenvalue weighted by molar-refractivity contribution is -0.384. The largest absolute Gasteiger partial charge is 0.271 e. The summed E-state index contributed by atoms with van der Waals surface area (Å²) < 4.78 is 0. The smallest absolute Gasteiger partial charge is 0.267 e. The molecule has 0 unspecified atom stereocenters. The Morgan fingerprint density at radius 2 is 1.85 bits per heavy atom. The third kappa shape index (κ3) is 3.02. The molecule has 4 saturated carbocycles. The van der Waals surface area contributed by atoms with Crippen molar-refractivity contribution in [2.45, 2.75) is 51.9 Å². The van der Waals surface area contributed by atoms with E-state index in [0.29, 0.717) is 0 Å². The first-order valence-corrected chi connectivity index (χ1v) is 9.61. The van der Waals surface area contributed by atoms with E-state index >= 15 is 0 Å². The van der Waals surface area contributed by atoms with Crippen LogP contribution < -0.4 is 5.43 Å². The molecule has 0 aromatic heterocycles. The standard InChI is InChI=1S/C20H25N3O3/c1-2-18(20-10-13-6-14(11-20)8-15(7-13)12-20)21-22-19(24)16-4-3-5-17(9-16)23(25)26/h3-5,9,13-15H,2,6-8,10-12H2,1H3,(H,22,24)/b21-18+. The van der Waals surface area contributed by atoms with Crippen LogP contribution >= 0.6 is 0 Å². The fourth-order valence-electron chi connectivity index (χ4n) is 5.98. The lowest BCUT2D eigenvalue weighted by Gasteiger charge is -2.57. The number of rotatable bonds is 5. The molecule has 4 aliphatic rings. The van der Waals surface area contributed by atoms with Crippen LogP contribution in [0.25, 0.3) is 0 Å². The number of amides is 1. The molecular weight excluding hydrogens is 330 g/mol. The van der Waals surface area contributed by atoms with Gasteiger partial charge in [0.15, 0.2) is 0 Å². The molecule has 26 heavy (non-hydrogen) atoms. The molecule has 1 aromatic rings. The predicted octanol–water partition coefficient (Wildman–Crippen LogP) is 4.31. The maximum absolute atomic E-state index is 12.4. The quantitative estimate of drug-likeness (QED) is 0.485. The molecule has 0 atom stereocenters. The van der Waals surface area contributed by atoms with Gasteiger partial charge in [0.2, 0.25) is 0 Å². The minimum atomic E-state index is -0.493. The lowest BCUT2D eigenvalue weighted by atomic mass is 9.48. The molecule has 0 aliphatic heterocycles. The van der Waals surface area contributed by atoms with Gasteiger partial charge in [-0.3, -0.25) is 14.9 Å². The van der Waals surface area contributed by atoms with E-state index < -0.39 is 4.92 Å². The Balaban J connectivity index is 1.52. The van der Waals surface area contributed by atoms with Crippen molar-refractivity contribution in [2.75, 3.05) is 0 Å². The highest BCUT2D eigenvalue weighted by Crippen LogP contribution is 2.60. The normalized spacial score (nSPS) is 32.5. The van der Waals surface area contributed by atoms with Crippen LogP contribution in [0.3, 0.4) is 0 Å².